The maximum absolute atomic E-state index is 14.1. The molecule has 1 N–H and O–H groups in total. The van der Waals surface area contributed by atoms with E-state index in [0.29, 0.717) is 22.2 Å². The molecule has 0 saturated carbocycles. The number of hydrogen-bond acceptors (Lipinski definition) is 4. The molecule has 1 aromatic heterocycles. The van der Waals surface area contributed by atoms with Crippen molar-refractivity contribution in [3.05, 3.63) is 71.2 Å². The van der Waals surface area contributed by atoms with Crippen molar-refractivity contribution in [3.63, 3.8) is 0 Å². The molecule has 6 heteroatoms. The number of aromatic nitrogens is 1. The maximum Gasteiger partial charge on any atom is 0.336 e. The Balaban J connectivity index is 1.47. The number of rotatable bonds is 5. The van der Waals surface area contributed by atoms with E-state index in [4.69, 9.17) is 4.74 Å². The third-order valence-electron chi connectivity index (χ3n) is 5.84. The van der Waals surface area contributed by atoms with E-state index in [-0.39, 0.29) is 18.0 Å². The van der Waals surface area contributed by atoms with E-state index >= 15 is 0 Å². The summed E-state index contributed by atoms with van der Waals surface area (Å²) in [5.41, 5.74) is 2.24. The van der Waals surface area contributed by atoms with Crippen LogP contribution in [0.3, 0.4) is 0 Å². The molecule has 1 fully saturated rings. The summed E-state index contributed by atoms with van der Waals surface area (Å²) >= 11 is 0. The molecule has 3 aromatic rings. The highest BCUT2D eigenvalue weighted by atomic mass is 19.1. The van der Waals surface area contributed by atoms with Gasteiger partial charge in [-0.2, -0.15) is 0 Å². The van der Waals surface area contributed by atoms with Crippen molar-refractivity contribution in [2.24, 2.45) is 0 Å². The van der Waals surface area contributed by atoms with Crippen LogP contribution in [0.5, 0.6) is 5.75 Å². The number of benzene rings is 2. The summed E-state index contributed by atoms with van der Waals surface area (Å²) in [5.74, 6) is -0.579. The van der Waals surface area contributed by atoms with Crippen molar-refractivity contribution < 1.29 is 19.0 Å². The van der Waals surface area contributed by atoms with Gasteiger partial charge in [0.05, 0.1) is 5.56 Å². The number of pyridine rings is 1. The van der Waals surface area contributed by atoms with Crippen LogP contribution in [0.2, 0.25) is 0 Å². The van der Waals surface area contributed by atoms with Gasteiger partial charge in [-0.25, -0.2) is 14.2 Å². The summed E-state index contributed by atoms with van der Waals surface area (Å²) in [7, 11) is 0. The summed E-state index contributed by atoms with van der Waals surface area (Å²) in [6.07, 6.45) is 1.66. The van der Waals surface area contributed by atoms with E-state index in [1.165, 1.54) is 6.07 Å². The topological polar surface area (TPSA) is 62.7 Å². The number of aryl methyl sites for hydroxylation is 1. The lowest BCUT2D eigenvalue weighted by Crippen LogP contribution is -2.40. The lowest BCUT2D eigenvalue weighted by molar-refractivity contribution is 0.0677. The molecule has 2 aromatic carbocycles. The normalized spacial score (nSPS) is 16.5. The summed E-state index contributed by atoms with van der Waals surface area (Å²) in [6.45, 7) is 5.49. The Morgan fingerprint density at radius 1 is 1.20 bits per heavy atom. The highest BCUT2D eigenvalue weighted by molar-refractivity contribution is 5.89. The number of hydrogen-bond donors (Lipinski definition) is 1. The Hall–Kier alpha value is -2.99. The number of nitrogens with zero attached hydrogens (tertiary/aromatic N) is 2. The smallest absolute Gasteiger partial charge is 0.336 e. The van der Waals surface area contributed by atoms with Crippen LogP contribution in [-0.4, -0.2) is 40.2 Å². The van der Waals surface area contributed by atoms with E-state index in [0.717, 1.165) is 37.2 Å². The fourth-order valence-electron chi connectivity index (χ4n) is 4.21. The van der Waals surface area contributed by atoms with Gasteiger partial charge in [-0.3, -0.25) is 4.90 Å². The zero-order valence-electron chi connectivity index (χ0n) is 17.1. The van der Waals surface area contributed by atoms with Crippen molar-refractivity contribution in [2.75, 3.05) is 13.1 Å². The number of aromatic carboxylic acids is 1. The molecule has 0 radical (unpaired) electrons. The van der Waals surface area contributed by atoms with Gasteiger partial charge in [-0.05, 0) is 50.5 Å². The minimum Gasteiger partial charge on any atom is -0.490 e. The van der Waals surface area contributed by atoms with Crippen LogP contribution >= 0.6 is 0 Å². The molecule has 0 amide bonds. The number of carboxylic acids is 1. The van der Waals surface area contributed by atoms with Crippen LogP contribution in [-0.2, 0) is 0 Å². The molecule has 4 rings (SSSR count). The van der Waals surface area contributed by atoms with Gasteiger partial charge in [0.1, 0.15) is 23.2 Å². The van der Waals surface area contributed by atoms with Gasteiger partial charge in [-0.1, -0.05) is 24.3 Å². The highest BCUT2D eigenvalue weighted by Gasteiger charge is 2.27. The second kappa shape index (κ2) is 8.40. The third kappa shape index (κ3) is 4.00. The Labute approximate surface area is 175 Å². The standard InChI is InChI=1S/C24H25FN2O3/c1-15-14-22(20-8-5-9-21(25)23(20)26-15)30-17-10-12-27(13-11-17)16(2)18-6-3-4-7-19(18)24(28)29/h3-9,14,16-17H,10-13H2,1-2H3,(H,28,29). The number of piperidine rings is 1. The zero-order valence-corrected chi connectivity index (χ0v) is 17.1. The fourth-order valence-corrected chi connectivity index (χ4v) is 4.21. The SMILES string of the molecule is Cc1cc(OC2CCN(C(C)c3ccccc3C(=O)O)CC2)c2cccc(F)c2n1. The lowest BCUT2D eigenvalue weighted by Gasteiger charge is -2.36. The number of likely N-dealkylation sites (tertiary alicyclic amines) is 1. The second-order valence-electron chi connectivity index (χ2n) is 7.82. The predicted molar refractivity (Wildman–Crippen MR) is 113 cm³/mol. The molecular weight excluding hydrogens is 383 g/mol. The van der Waals surface area contributed by atoms with E-state index in [1.54, 1.807) is 18.2 Å². The Morgan fingerprint density at radius 3 is 2.67 bits per heavy atom. The van der Waals surface area contributed by atoms with Crippen LogP contribution < -0.4 is 4.74 Å². The number of halogens is 1. The molecule has 1 aliphatic rings. The Bertz CT molecular complexity index is 1080. The first-order valence-electron chi connectivity index (χ1n) is 10.2. The number of fused-ring (bicyclic) bond motifs is 1. The molecule has 1 aliphatic heterocycles. The van der Waals surface area contributed by atoms with E-state index in [1.807, 2.05) is 38.1 Å². The van der Waals surface area contributed by atoms with Crippen LogP contribution in [0.4, 0.5) is 4.39 Å². The molecule has 1 unspecified atom stereocenters. The molecule has 156 valence electrons. The first-order chi connectivity index (χ1) is 14.4. The zero-order chi connectivity index (χ0) is 21.3. The van der Waals surface area contributed by atoms with Crippen LogP contribution in [0.25, 0.3) is 10.9 Å². The largest absolute Gasteiger partial charge is 0.490 e. The second-order valence-corrected chi connectivity index (χ2v) is 7.82. The molecule has 30 heavy (non-hydrogen) atoms. The van der Waals surface area contributed by atoms with Gasteiger partial charge in [0.15, 0.2) is 0 Å². The Kier molecular flexibility index (Phi) is 5.68. The Morgan fingerprint density at radius 2 is 1.93 bits per heavy atom. The monoisotopic (exact) mass is 408 g/mol. The van der Waals surface area contributed by atoms with E-state index in [2.05, 4.69) is 9.88 Å². The average Bonchev–Trinajstić information content (AvgIpc) is 2.74. The number of carboxylic acid groups (broad SMARTS) is 1. The van der Waals surface area contributed by atoms with Crippen molar-refractivity contribution >= 4 is 16.9 Å². The summed E-state index contributed by atoms with van der Waals surface area (Å²) in [6, 6.07) is 14.0. The number of para-hydroxylation sites is 1. The minimum absolute atomic E-state index is 0.0105. The first-order valence-corrected chi connectivity index (χ1v) is 10.2. The molecule has 0 bridgehead atoms. The van der Waals surface area contributed by atoms with E-state index in [9.17, 15) is 14.3 Å². The van der Waals surface area contributed by atoms with Gasteiger partial charge < -0.3 is 9.84 Å². The average molecular weight is 408 g/mol. The van der Waals surface area contributed by atoms with Crippen LogP contribution in [0.1, 0.15) is 47.4 Å². The highest BCUT2D eigenvalue weighted by Crippen LogP contribution is 2.31. The molecule has 5 nitrogen and oxygen atoms in total. The van der Waals surface area contributed by atoms with Crippen LogP contribution in [0.15, 0.2) is 48.5 Å². The van der Waals surface area contributed by atoms with Crippen molar-refractivity contribution in [2.45, 2.75) is 38.8 Å². The summed E-state index contributed by atoms with van der Waals surface area (Å²) in [4.78, 5) is 18.2. The molecule has 0 spiro atoms. The van der Waals surface area contributed by atoms with Gasteiger partial charge in [0, 0.05) is 36.3 Å². The molecule has 1 saturated heterocycles. The van der Waals surface area contributed by atoms with Crippen LogP contribution in [0, 0.1) is 12.7 Å². The van der Waals surface area contributed by atoms with Gasteiger partial charge in [0.25, 0.3) is 0 Å². The van der Waals surface area contributed by atoms with Crippen molar-refractivity contribution in [1.82, 2.24) is 9.88 Å². The summed E-state index contributed by atoms with van der Waals surface area (Å²) < 4.78 is 20.4. The van der Waals surface area contributed by atoms with E-state index < -0.39 is 5.97 Å². The van der Waals surface area contributed by atoms with Gasteiger partial charge in [0.2, 0.25) is 0 Å². The molecule has 2 heterocycles. The molecule has 0 aliphatic carbocycles. The maximum atomic E-state index is 14.1. The van der Waals surface area contributed by atoms with Gasteiger partial charge >= 0.3 is 5.97 Å². The van der Waals surface area contributed by atoms with Crippen molar-refractivity contribution in [1.29, 1.82) is 0 Å². The predicted octanol–water partition coefficient (Wildman–Crippen LogP) is 4.98. The number of ether oxygens (including phenoxy) is 1. The third-order valence-corrected chi connectivity index (χ3v) is 5.84. The first kappa shape index (κ1) is 20.3. The summed E-state index contributed by atoms with van der Waals surface area (Å²) in [5, 5.41) is 10.2. The van der Waals surface area contributed by atoms with Crippen molar-refractivity contribution in [3.8, 4) is 5.75 Å². The molecular formula is C24H25FN2O3. The minimum atomic E-state index is -0.900. The number of carbonyl (C=O) groups is 1. The quantitative estimate of drug-likeness (QED) is 0.645. The molecule has 1 atom stereocenters. The lowest BCUT2D eigenvalue weighted by atomic mass is 9.97. The fraction of sp³-hybridized carbons (Fsp3) is 0.333. The van der Waals surface area contributed by atoms with Gasteiger partial charge in [-0.15, -0.1) is 0 Å².